The van der Waals surface area contributed by atoms with E-state index < -0.39 is 6.10 Å². The van der Waals surface area contributed by atoms with E-state index in [1.807, 2.05) is 0 Å². The van der Waals surface area contributed by atoms with E-state index in [9.17, 15) is 5.11 Å². The molecule has 2 nitrogen and oxygen atoms in total. The molecule has 0 unspecified atom stereocenters. The third-order valence-corrected chi connectivity index (χ3v) is 0. The topological polar surface area (TPSA) is 54.6 Å². The molecule has 6 heavy (non-hydrogen) atoms. The predicted octanol–water partition coefficient (Wildman–Crippen LogP) is -4.07. The van der Waals surface area contributed by atoms with Crippen LogP contribution < -0.4 is 56.5 Å². The van der Waals surface area contributed by atoms with Gasteiger partial charge < -0.3 is 10.6 Å². The minimum atomic E-state index is -0.417. The van der Waals surface area contributed by atoms with Gasteiger partial charge in [0.15, 0.2) is 0 Å². The molecule has 0 fully saturated rings. The first-order valence-electron chi connectivity index (χ1n) is 1.39. The van der Waals surface area contributed by atoms with Crippen molar-refractivity contribution >= 4 is 0 Å². The van der Waals surface area contributed by atoms with Crippen LogP contribution in [0.4, 0.5) is 0 Å². The Morgan fingerprint density at radius 2 is 1.33 bits per heavy atom. The Morgan fingerprint density at radius 3 is 1.33 bits per heavy atom. The van der Waals surface area contributed by atoms with E-state index in [1.165, 1.54) is 0 Å². The van der Waals surface area contributed by atoms with E-state index in [2.05, 4.69) is 0 Å². The summed E-state index contributed by atoms with van der Waals surface area (Å²) in [7, 11) is 0. The molecule has 0 aliphatic carbocycles. The second kappa shape index (κ2) is 9.75. The van der Waals surface area contributed by atoms with Crippen LogP contribution in [-0.4, -0.2) is 11.6 Å². The van der Waals surface area contributed by atoms with E-state index in [4.69, 9.17) is 0 Å². The van der Waals surface area contributed by atoms with Crippen molar-refractivity contribution in [3.63, 3.8) is 0 Å². The van der Waals surface area contributed by atoms with Crippen molar-refractivity contribution < 1.29 is 62.0 Å². The van der Waals surface area contributed by atoms with Crippen LogP contribution in [-0.2, 0) is 0 Å². The zero-order chi connectivity index (χ0) is 3.58. The fourth-order valence-electron chi connectivity index (χ4n) is 0. The van der Waals surface area contributed by atoms with Crippen LogP contribution in [0.1, 0.15) is 13.8 Å². The van der Waals surface area contributed by atoms with E-state index >= 15 is 0 Å². The minimum absolute atomic E-state index is 0. The summed E-state index contributed by atoms with van der Waals surface area (Å²) in [5.74, 6) is 0. The molecule has 0 heterocycles. The number of hydrogen-bond acceptors (Lipinski definition) is 1. The third kappa shape index (κ3) is 47.6. The molecular weight excluding hydrogens is 107 g/mol. The molecule has 0 aliphatic heterocycles. The van der Waals surface area contributed by atoms with Gasteiger partial charge in [0.2, 0.25) is 0 Å². The molecule has 0 saturated carbocycles. The summed E-state index contributed by atoms with van der Waals surface area (Å²) in [6.45, 7) is 3.22. The smallest absolute Gasteiger partial charge is 0.852 e. The van der Waals surface area contributed by atoms with Crippen LogP contribution in [0.15, 0.2) is 0 Å². The Labute approximate surface area is 80.7 Å². The fraction of sp³-hybridized carbons (Fsp3) is 1.00. The van der Waals surface area contributed by atoms with Gasteiger partial charge in [0.05, 0.1) is 0 Å². The molecular formula is C3H9KO2. The average molecular weight is 116 g/mol. The van der Waals surface area contributed by atoms with Crippen molar-refractivity contribution in [1.29, 1.82) is 0 Å². The Kier molecular flexibility index (Phi) is 25.4. The van der Waals surface area contributed by atoms with Crippen LogP contribution in [0.3, 0.4) is 0 Å². The maximum atomic E-state index is 9.53. The third-order valence-electron chi connectivity index (χ3n) is 0. The number of hydrogen-bond donors (Lipinski definition) is 0. The van der Waals surface area contributed by atoms with Crippen molar-refractivity contribution in [3.8, 4) is 0 Å². The molecule has 2 N–H and O–H groups in total. The van der Waals surface area contributed by atoms with Gasteiger partial charge in [0.1, 0.15) is 0 Å². The first-order valence-corrected chi connectivity index (χ1v) is 1.39. The van der Waals surface area contributed by atoms with E-state index in [1.54, 1.807) is 13.8 Å². The van der Waals surface area contributed by atoms with Gasteiger partial charge in [-0.1, -0.05) is 13.8 Å². The zero-order valence-electron chi connectivity index (χ0n) is 4.49. The van der Waals surface area contributed by atoms with E-state index in [-0.39, 0.29) is 56.9 Å². The van der Waals surface area contributed by atoms with Crippen molar-refractivity contribution in [2.75, 3.05) is 0 Å². The molecule has 0 aromatic carbocycles. The maximum Gasteiger partial charge on any atom is 1.00 e. The summed E-state index contributed by atoms with van der Waals surface area (Å²) >= 11 is 0. The van der Waals surface area contributed by atoms with Crippen molar-refractivity contribution in [3.05, 3.63) is 0 Å². The van der Waals surface area contributed by atoms with Gasteiger partial charge in [-0.25, -0.2) is 0 Å². The first kappa shape index (κ1) is 15.6. The standard InChI is InChI=1S/C3H7O.K.H2O/c1-3(2)4;;/h3H,1-2H3;;1H2/q-1;+1;. The molecule has 0 amide bonds. The molecule has 34 valence electrons. The summed E-state index contributed by atoms with van der Waals surface area (Å²) in [6, 6.07) is 0. The normalized spacial score (nSPS) is 6.00. The Morgan fingerprint density at radius 1 is 1.33 bits per heavy atom. The van der Waals surface area contributed by atoms with Crippen LogP contribution in [0.25, 0.3) is 0 Å². The fourth-order valence-corrected chi connectivity index (χ4v) is 0. The summed E-state index contributed by atoms with van der Waals surface area (Å²) < 4.78 is 0. The van der Waals surface area contributed by atoms with Crippen LogP contribution in [0.5, 0.6) is 0 Å². The maximum absolute atomic E-state index is 9.53. The molecule has 0 aromatic heterocycles. The van der Waals surface area contributed by atoms with Crippen LogP contribution in [0, 0.1) is 0 Å². The molecule has 0 radical (unpaired) electrons. The van der Waals surface area contributed by atoms with Crippen LogP contribution in [0.2, 0.25) is 0 Å². The quantitative estimate of drug-likeness (QED) is 0.297. The molecule has 0 aromatic rings. The summed E-state index contributed by atoms with van der Waals surface area (Å²) in [5.41, 5.74) is 0. The van der Waals surface area contributed by atoms with Gasteiger partial charge in [-0.3, -0.25) is 0 Å². The van der Waals surface area contributed by atoms with Gasteiger partial charge in [0, 0.05) is 0 Å². The van der Waals surface area contributed by atoms with E-state index in [0.29, 0.717) is 0 Å². The molecule has 0 spiro atoms. The van der Waals surface area contributed by atoms with Crippen LogP contribution >= 0.6 is 0 Å². The summed E-state index contributed by atoms with van der Waals surface area (Å²) in [5, 5.41) is 9.53. The predicted molar refractivity (Wildman–Crippen MR) is 18.7 cm³/mol. The first-order chi connectivity index (χ1) is 1.73. The Bertz CT molecular complexity index is 13.5. The minimum Gasteiger partial charge on any atom is -0.852 e. The average Bonchev–Trinajstić information content (AvgIpc) is 0.811. The molecule has 0 rings (SSSR count). The molecule has 0 saturated heterocycles. The summed E-state index contributed by atoms with van der Waals surface area (Å²) in [6.07, 6.45) is -0.417. The molecule has 0 aliphatic rings. The second-order valence-electron chi connectivity index (χ2n) is 1.05. The largest absolute Gasteiger partial charge is 1.00 e. The van der Waals surface area contributed by atoms with Crippen molar-refractivity contribution in [2.45, 2.75) is 20.0 Å². The molecule has 0 atom stereocenters. The van der Waals surface area contributed by atoms with Gasteiger partial charge in [-0.15, -0.1) is 6.10 Å². The van der Waals surface area contributed by atoms with Crippen molar-refractivity contribution in [1.82, 2.24) is 0 Å². The second-order valence-corrected chi connectivity index (χ2v) is 1.05. The van der Waals surface area contributed by atoms with Crippen molar-refractivity contribution in [2.24, 2.45) is 0 Å². The molecule has 0 bridgehead atoms. The number of rotatable bonds is 0. The van der Waals surface area contributed by atoms with Gasteiger partial charge in [-0.2, -0.15) is 0 Å². The Balaban J connectivity index is -0.0000000450. The van der Waals surface area contributed by atoms with Gasteiger partial charge >= 0.3 is 51.4 Å². The van der Waals surface area contributed by atoms with Gasteiger partial charge in [-0.05, 0) is 0 Å². The Hall–Kier alpha value is 1.56. The SMILES string of the molecule is CC(C)[O-].O.[K+]. The molecule has 3 heteroatoms. The van der Waals surface area contributed by atoms with Gasteiger partial charge in [0.25, 0.3) is 0 Å². The summed E-state index contributed by atoms with van der Waals surface area (Å²) in [4.78, 5) is 0. The monoisotopic (exact) mass is 116 g/mol. The van der Waals surface area contributed by atoms with E-state index in [0.717, 1.165) is 0 Å². The zero-order valence-corrected chi connectivity index (χ0v) is 7.61.